The molecule has 1 aliphatic carbocycles. The van der Waals surface area contributed by atoms with E-state index < -0.39 is 0 Å². The Bertz CT molecular complexity index is 854. The number of nitrogens with one attached hydrogen (secondary N) is 1. The van der Waals surface area contributed by atoms with Gasteiger partial charge in [0.15, 0.2) is 0 Å². The van der Waals surface area contributed by atoms with Crippen LogP contribution in [0.15, 0.2) is 11.2 Å². The monoisotopic (exact) mass is 420 g/mol. The third-order valence-electron chi connectivity index (χ3n) is 5.35. The molecule has 29 heavy (non-hydrogen) atoms. The number of carbonyl (C=O) groups excluding carboxylic acids is 1. The number of fused-ring (bicyclic) bond motifs is 1. The summed E-state index contributed by atoms with van der Waals surface area (Å²) in [6.07, 6.45) is 7.56. The summed E-state index contributed by atoms with van der Waals surface area (Å²) in [5, 5.41) is 8.24. The van der Waals surface area contributed by atoms with Crippen molar-refractivity contribution >= 4 is 23.6 Å². The molecule has 2 aliphatic rings. The standard InChI is InChI=1S/C19H28N6O3S/c1-13-10-16(25-17(20-13)22-18(23-25)29-2)28-12-15-11-24(8-9-27-15)19(26)21-14-6-4-3-5-7-14/h10,14-15H,3-9,11-12H2,1-2H3,(H,21,26). The van der Waals surface area contributed by atoms with Crippen molar-refractivity contribution in [2.45, 2.75) is 56.3 Å². The first-order valence-corrected chi connectivity index (χ1v) is 11.4. The Morgan fingerprint density at radius 2 is 2.17 bits per heavy atom. The molecule has 1 atom stereocenters. The zero-order chi connectivity index (χ0) is 20.2. The Morgan fingerprint density at radius 1 is 1.34 bits per heavy atom. The fourth-order valence-electron chi connectivity index (χ4n) is 3.82. The van der Waals surface area contributed by atoms with Gasteiger partial charge in [-0.25, -0.2) is 9.78 Å². The van der Waals surface area contributed by atoms with Crippen LogP contribution >= 0.6 is 11.8 Å². The van der Waals surface area contributed by atoms with Crippen LogP contribution in [0.25, 0.3) is 5.78 Å². The third kappa shape index (κ3) is 4.92. The lowest BCUT2D eigenvalue weighted by atomic mass is 9.96. The van der Waals surface area contributed by atoms with Crippen molar-refractivity contribution in [1.29, 1.82) is 0 Å². The molecule has 2 amide bonds. The van der Waals surface area contributed by atoms with Gasteiger partial charge in [-0.3, -0.25) is 0 Å². The SMILES string of the molecule is CSc1nc2nc(C)cc(OCC3CN(C(=O)NC4CCCCC4)CCO3)n2n1. The van der Waals surface area contributed by atoms with Crippen molar-refractivity contribution in [3.05, 3.63) is 11.8 Å². The van der Waals surface area contributed by atoms with Crippen LogP contribution in [0.2, 0.25) is 0 Å². The zero-order valence-electron chi connectivity index (χ0n) is 17.0. The van der Waals surface area contributed by atoms with Gasteiger partial charge in [0.2, 0.25) is 11.0 Å². The number of urea groups is 1. The number of nitrogens with zero attached hydrogens (tertiary/aromatic N) is 5. The topological polar surface area (TPSA) is 93.9 Å². The average Bonchev–Trinajstić information content (AvgIpc) is 3.16. The highest BCUT2D eigenvalue weighted by atomic mass is 32.2. The number of thioether (sulfide) groups is 1. The van der Waals surface area contributed by atoms with E-state index >= 15 is 0 Å². The molecule has 1 aliphatic heterocycles. The van der Waals surface area contributed by atoms with Crippen molar-refractivity contribution in [1.82, 2.24) is 29.8 Å². The molecule has 4 rings (SSSR count). The summed E-state index contributed by atoms with van der Waals surface area (Å²) in [4.78, 5) is 23.2. The van der Waals surface area contributed by atoms with E-state index in [-0.39, 0.29) is 12.1 Å². The van der Waals surface area contributed by atoms with Gasteiger partial charge >= 0.3 is 6.03 Å². The van der Waals surface area contributed by atoms with Crippen LogP contribution < -0.4 is 10.1 Å². The van der Waals surface area contributed by atoms with Gasteiger partial charge in [0, 0.05) is 24.3 Å². The molecule has 2 aromatic rings. The molecule has 3 heterocycles. The number of ether oxygens (including phenoxy) is 2. The molecule has 158 valence electrons. The molecule has 1 saturated heterocycles. The highest BCUT2D eigenvalue weighted by Crippen LogP contribution is 2.19. The minimum Gasteiger partial charge on any atom is -0.475 e. The number of hydrogen-bond donors (Lipinski definition) is 1. The van der Waals surface area contributed by atoms with Gasteiger partial charge in [-0.2, -0.15) is 9.50 Å². The quantitative estimate of drug-likeness (QED) is 0.742. The largest absolute Gasteiger partial charge is 0.475 e. The molecule has 0 aromatic carbocycles. The summed E-state index contributed by atoms with van der Waals surface area (Å²) >= 11 is 1.46. The molecule has 10 heteroatoms. The van der Waals surface area contributed by atoms with Crippen LogP contribution in [-0.4, -0.2) is 75.2 Å². The van der Waals surface area contributed by atoms with Crippen molar-refractivity contribution in [2.75, 3.05) is 32.6 Å². The number of hydrogen-bond acceptors (Lipinski definition) is 7. The van der Waals surface area contributed by atoms with Gasteiger partial charge in [0.25, 0.3) is 5.78 Å². The normalized spacial score (nSPS) is 20.8. The van der Waals surface area contributed by atoms with Gasteiger partial charge < -0.3 is 19.7 Å². The maximum atomic E-state index is 12.6. The number of carbonyl (C=O) groups is 1. The minimum atomic E-state index is -0.187. The number of aryl methyl sites for hydroxylation is 1. The number of morpholine rings is 1. The fourth-order valence-corrected chi connectivity index (χ4v) is 4.16. The first-order valence-electron chi connectivity index (χ1n) is 10.2. The second kappa shape index (κ2) is 9.17. The van der Waals surface area contributed by atoms with Crippen LogP contribution in [0.3, 0.4) is 0 Å². The number of aromatic nitrogens is 4. The summed E-state index contributed by atoms with van der Waals surface area (Å²) in [5.41, 5.74) is 0.811. The lowest BCUT2D eigenvalue weighted by molar-refractivity contribution is -0.0365. The maximum Gasteiger partial charge on any atom is 0.317 e. The minimum absolute atomic E-state index is 0.00762. The Kier molecular flexibility index (Phi) is 6.39. The van der Waals surface area contributed by atoms with Gasteiger partial charge in [0.05, 0.1) is 13.2 Å². The van der Waals surface area contributed by atoms with E-state index in [1.54, 1.807) is 4.52 Å². The second-order valence-electron chi connectivity index (χ2n) is 7.58. The Hall–Kier alpha value is -2.07. The predicted octanol–water partition coefficient (Wildman–Crippen LogP) is 2.28. The second-order valence-corrected chi connectivity index (χ2v) is 8.35. The van der Waals surface area contributed by atoms with Crippen molar-refractivity contribution in [3.8, 4) is 5.88 Å². The third-order valence-corrected chi connectivity index (χ3v) is 5.88. The van der Waals surface area contributed by atoms with E-state index in [2.05, 4.69) is 20.4 Å². The summed E-state index contributed by atoms with van der Waals surface area (Å²) in [5.74, 6) is 1.09. The van der Waals surface area contributed by atoms with Crippen LogP contribution in [-0.2, 0) is 4.74 Å². The molecule has 2 fully saturated rings. The van der Waals surface area contributed by atoms with Crippen molar-refractivity contribution in [3.63, 3.8) is 0 Å². The van der Waals surface area contributed by atoms with Crippen LogP contribution in [0.5, 0.6) is 5.88 Å². The fraction of sp³-hybridized carbons (Fsp3) is 0.684. The van der Waals surface area contributed by atoms with E-state index in [1.165, 1.54) is 31.0 Å². The van der Waals surface area contributed by atoms with Crippen LogP contribution in [0, 0.1) is 6.92 Å². The van der Waals surface area contributed by atoms with E-state index in [1.807, 2.05) is 24.1 Å². The molecular formula is C19H28N6O3S. The predicted molar refractivity (Wildman–Crippen MR) is 110 cm³/mol. The molecule has 1 saturated carbocycles. The average molecular weight is 421 g/mol. The molecule has 0 radical (unpaired) electrons. The Morgan fingerprint density at radius 3 is 2.97 bits per heavy atom. The van der Waals surface area contributed by atoms with Crippen molar-refractivity contribution in [2.24, 2.45) is 0 Å². The number of amides is 2. The molecule has 2 aromatic heterocycles. The van der Waals surface area contributed by atoms with E-state index in [9.17, 15) is 4.79 Å². The Balaban J connectivity index is 1.35. The van der Waals surface area contributed by atoms with E-state index in [4.69, 9.17) is 9.47 Å². The molecule has 1 unspecified atom stereocenters. The van der Waals surface area contributed by atoms with Crippen LogP contribution in [0.1, 0.15) is 37.8 Å². The summed E-state index contributed by atoms with van der Waals surface area (Å²) < 4.78 is 13.4. The molecule has 0 spiro atoms. The highest BCUT2D eigenvalue weighted by molar-refractivity contribution is 7.98. The smallest absolute Gasteiger partial charge is 0.317 e. The van der Waals surface area contributed by atoms with Crippen LogP contribution in [0.4, 0.5) is 4.79 Å². The summed E-state index contributed by atoms with van der Waals surface area (Å²) in [6.45, 7) is 3.86. The first kappa shape index (κ1) is 20.2. The van der Waals surface area contributed by atoms with Gasteiger partial charge in [-0.15, -0.1) is 5.10 Å². The first-order chi connectivity index (χ1) is 14.1. The van der Waals surface area contributed by atoms with E-state index in [0.29, 0.717) is 49.2 Å². The molecule has 1 N–H and O–H groups in total. The lowest BCUT2D eigenvalue weighted by Gasteiger charge is -2.34. The lowest BCUT2D eigenvalue weighted by Crippen LogP contribution is -2.53. The van der Waals surface area contributed by atoms with Gasteiger partial charge in [-0.1, -0.05) is 31.0 Å². The van der Waals surface area contributed by atoms with E-state index in [0.717, 1.165) is 18.5 Å². The Labute approximate surface area is 174 Å². The summed E-state index contributed by atoms with van der Waals surface area (Å²) in [6, 6.07) is 2.15. The van der Waals surface area contributed by atoms with Gasteiger partial charge in [-0.05, 0) is 26.0 Å². The maximum absolute atomic E-state index is 12.6. The zero-order valence-corrected chi connectivity index (χ0v) is 17.8. The van der Waals surface area contributed by atoms with Gasteiger partial charge in [0.1, 0.15) is 12.7 Å². The van der Waals surface area contributed by atoms with Crippen molar-refractivity contribution < 1.29 is 14.3 Å². The summed E-state index contributed by atoms with van der Waals surface area (Å²) in [7, 11) is 0. The highest BCUT2D eigenvalue weighted by Gasteiger charge is 2.27. The molecule has 0 bridgehead atoms. The molecule has 9 nitrogen and oxygen atoms in total. The number of rotatable bonds is 5. The molecular weight excluding hydrogens is 392 g/mol.